The maximum absolute atomic E-state index is 14.0. The molecule has 0 radical (unpaired) electrons. The average Bonchev–Trinajstić information content (AvgIpc) is 2.94. The molecule has 0 aliphatic rings. The van der Waals surface area contributed by atoms with E-state index in [4.69, 9.17) is 0 Å². The van der Waals surface area contributed by atoms with Crippen LogP contribution in [0.3, 0.4) is 0 Å². The van der Waals surface area contributed by atoms with Gasteiger partial charge in [-0.05, 0) is 167 Å². The van der Waals surface area contributed by atoms with Gasteiger partial charge in [-0.15, -0.1) is 0 Å². The van der Waals surface area contributed by atoms with E-state index in [0.29, 0.717) is 6.42 Å². The summed E-state index contributed by atoms with van der Waals surface area (Å²) in [5, 5.41) is 11.9. The van der Waals surface area contributed by atoms with Gasteiger partial charge in [0, 0.05) is 0 Å². The highest BCUT2D eigenvalue weighted by atomic mass is 32.2. The summed E-state index contributed by atoms with van der Waals surface area (Å²) in [5.74, 6) is 0. The first-order valence-electron chi connectivity index (χ1n) is 18.0. The van der Waals surface area contributed by atoms with Gasteiger partial charge in [0.2, 0.25) is 0 Å². The van der Waals surface area contributed by atoms with Crippen molar-refractivity contribution in [1.82, 2.24) is 0 Å². The molecule has 0 fully saturated rings. The minimum absolute atomic E-state index is 0.222. The summed E-state index contributed by atoms with van der Waals surface area (Å²) in [6.45, 7) is 26.6. The molecule has 0 amide bonds. The molecule has 0 atom stereocenters. The van der Waals surface area contributed by atoms with Crippen molar-refractivity contribution in [1.29, 1.82) is 0 Å². The van der Waals surface area contributed by atoms with Crippen LogP contribution in [0.25, 0.3) is 0 Å². The van der Waals surface area contributed by atoms with Crippen molar-refractivity contribution < 1.29 is 13.5 Å². The molecule has 0 aromatic heterocycles. The van der Waals surface area contributed by atoms with Gasteiger partial charge in [-0.25, -0.2) is 8.42 Å². The van der Waals surface area contributed by atoms with Crippen LogP contribution in [0.4, 0.5) is 0 Å². The average molecular weight is 669 g/mol. The van der Waals surface area contributed by atoms with Crippen LogP contribution in [0, 0.1) is 0 Å². The van der Waals surface area contributed by atoms with Crippen LogP contribution in [0.5, 0.6) is 0 Å². The Balaban J connectivity index is 6.32. The number of rotatable bonds is 22. The van der Waals surface area contributed by atoms with E-state index in [-0.39, 0.29) is 17.7 Å². The second-order valence-corrected chi connectivity index (χ2v) is 17.3. The Hall–Kier alpha value is -2.17. The van der Waals surface area contributed by atoms with E-state index in [2.05, 4.69) is 112 Å². The predicted octanol–water partition coefficient (Wildman–Crippen LogP) is 13.2. The van der Waals surface area contributed by atoms with Crippen molar-refractivity contribution in [2.75, 3.05) is 0 Å². The van der Waals surface area contributed by atoms with E-state index in [1.165, 1.54) is 39.0 Å². The van der Waals surface area contributed by atoms with Gasteiger partial charge in [-0.1, -0.05) is 87.1 Å². The maximum atomic E-state index is 14.0. The summed E-state index contributed by atoms with van der Waals surface area (Å²) >= 11 is 0. The van der Waals surface area contributed by atoms with Crippen LogP contribution < -0.4 is 0 Å². The van der Waals surface area contributed by atoms with Gasteiger partial charge in [0.15, 0.2) is 9.84 Å². The van der Waals surface area contributed by atoms with Crippen molar-refractivity contribution in [2.24, 2.45) is 0 Å². The standard InChI is InChI=1S/C43H72O3S/c1-33(2)19-14-22-37(9)24-17-26-39(11)29-31-43(44,32-30-40(12)27-18-25-38(10)23-15-20-34(3)4)42(47(45,46)36(7)8)41(13)28-16-21-35(5)6/h19-21,24-25,29-30,36,44H,14-18,22-23,26-28,31-32H2,1-13H3. The second-order valence-electron chi connectivity index (χ2n) is 14.9. The molecule has 3 nitrogen and oxygen atoms in total. The number of aliphatic hydroxyl groups is 1. The van der Waals surface area contributed by atoms with Gasteiger partial charge in [-0.2, -0.15) is 0 Å². The van der Waals surface area contributed by atoms with E-state index < -0.39 is 20.7 Å². The molecule has 0 aromatic rings. The quantitative estimate of drug-likeness (QED) is 0.117. The molecular formula is C43H72O3S. The molecule has 0 heterocycles. The zero-order chi connectivity index (χ0) is 36.2. The van der Waals surface area contributed by atoms with E-state index >= 15 is 0 Å². The lowest BCUT2D eigenvalue weighted by Gasteiger charge is -2.32. The zero-order valence-electron chi connectivity index (χ0n) is 32.8. The van der Waals surface area contributed by atoms with Gasteiger partial charge in [0.25, 0.3) is 0 Å². The summed E-state index contributed by atoms with van der Waals surface area (Å²) in [5.41, 5.74) is 8.31. The van der Waals surface area contributed by atoms with Gasteiger partial charge >= 0.3 is 0 Å². The molecule has 0 aliphatic carbocycles. The summed E-state index contributed by atoms with van der Waals surface area (Å²) in [7, 11) is -3.71. The SMILES string of the molecule is CC(C)=CCCC(C)=CCCC(C)=CCC(O)(CC=C(C)CCC=C(C)CCC=C(C)C)C(=C(C)CCC=C(C)C)S(=O)(=O)C(C)C. The lowest BCUT2D eigenvalue weighted by molar-refractivity contribution is 0.0904. The highest BCUT2D eigenvalue weighted by Crippen LogP contribution is 2.37. The van der Waals surface area contributed by atoms with Crippen molar-refractivity contribution in [3.05, 3.63) is 92.0 Å². The fourth-order valence-corrected chi connectivity index (χ4v) is 7.22. The first-order chi connectivity index (χ1) is 21.8. The fourth-order valence-electron chi connectivity index (χ4n) is 5.46. The Kier molecular flexibility index (Phi) is 22.2. The first-order valence-corrected chi connectivity index (χ1v) is 19.6. The zero-order valence-corrected chi connectivity index (χ0v) is 33.6. The molecule has 47 heavy (non-hydrogen) atoms. The molecule has 0 saturated carbocycles. The summed E-state index contributed by atoms with van der Waals surface area (Å²) in [6.07, 6.45) is 25.3. The molecule has 0 rings (SSSR count). The van der Waals surface area contributed by atoms with Crippen LogP contribution in [0.15, 0.2) is 92.0 Å². The molecule has 0 saturated heterocycles. The number of allylic oxidation sites excluding steroid dienone is 13. The van der Waals surface area contributed by atoms with Gasteiger partial charge in [0.1, 0.15) is 5.60 Å². The van der Waals surface area contributed by atoms with Gasteiger partial charge < -0.3 is 5.11 Å². The normalized spacial score (nSPS) is 15.3. The number of hydrogen-bond donors (Lipinski definition) is 1. The number of hydrogen-bond acceptors (Lipinski definition) is 3. The molecule has 268 valence electrons. The summed E-state index contributed by atoms with van der Waals surface area (Å²) in [6, 6.07) is 0. The van der Waals surface area contributed by atoms with Crippen LogP contribution >= 0.6 is 0 Å². The predicted molar refractivity (Wildman–Crippen MR) is 210 cm³/mol. The van der Waals surface area contributed by atoms with E-state index in [1.54, 1.807) is 13.8 Å². The highest BCUT2D eigenvalue weighted by Gasteiger charge is 2.40. The van der Waals surface area contributed by atoms with Crippen molar-refractivity contribution in [2.45, 2.75) is 178 Å². The maximum Gasteiger partial charge on any atom is 0.179 e. The van der Waals surface area contributed by atoms with Crippen LogP contribution in [-0.2, 0) is 9.84 Å². The lowest BCUT2D eigenvalue weighted by Crippen LogP contribution is -2.38. The van der Waals surface area contributed by atoms with Crippen molar-refractivity contribution in [3.8, 4) is 0 Å². The molecule has 0 aliphatic heterocycles. The van der Waals surface area contributed by atoms with Crippen molar-refractivity contribution >= 4 is 9.84 Å². The van der Waals surface area contributed by atoms with Crippen molar-refractivity contribution in [3.63, 3.8) is 0 Å². The van der Waals surface area contributed by atoms with Gasteiger partial charge in [-0.3, -0.25) is 0 Å². The molecular weight excluding hydrogens is 597 g/mol. The highest BCUT2D eigenvalue weighted by molar-refractivity contribution is 7.95. The molecule has 1 N–H and O–H groups in total. The third-order valence-corrected chi connectivity index (χ3v) is 11.1. The van der Waals surface area contributed by atoms with Crippen LogP contribution in [0.2, 0.25) is 0 Å². The molecule has 0 aromatic carbocycles. The van der Waals surface area contributed by atoms with Crippen LogP contribution in [-0.4, -0.2) is 24.4 Å². The third-order valence-electron chi connectivity index (χ3n) is 8.61. The number of sulfone groups is 1. The topological polar surface area (TPSA) is 54.4 Å². The summed E-state index contributed by atoms with van der Waals surface area (Å²) in [4.78, 5) is 0.222. The first kappa shape index (κ1) is 44.8. The lowest BCUT2D eigenvalue weighted by atomic mass is 9.89. The minimum Gasteiger partial charge on any atom is -0.384 e. The second kappa shape index (κ2) is 23.2. The smallest absolute Gasteiger partial charge is 0.179 e. The van der Waals surface area contributed by atoms with E-state index in [0.717, 1.165) is 63.4 Å². The molecule has 0 bridgehead atoms. The van der Waals surface area contributed by atoms with Gasteiger partial charge in [0.05, 0.1) is 10.2 Å². The van der Waals surface area contributed by atoms with Crippen LogP contribution in [0.1, 0.15) is 167 Å². The largest absolute Gasteiger partial charge is 0.384 e. The molecule has 4 heteroatoms. The Morgan fingerprint density at radius 1 is 0.511 bits per heavy atom. The van der Waals surface area contributed by atoms with E-state index in [9.17, 15) is 13.5 Å². The molecule has 0 unspecified atom stereocenters. The monoisotopic (exact) mass is 669 g/mol. The Morgan fingerprint density at radius 2 is 0.809 bits per heavy atom. The minimum atomic E-state index is -3.71. The molecule has 0 spiro atoms. The summed E-state index contributed by atoms with van der Waals surface area (Å²) < 4.78 is 27.9. The third kappa shape index (κ3) is 20.1. The Labute approximate surface area is 292 Å². The Morgan fingerprint density at radius 3 is 1.13 bits per heavy atom. The fraction of sp³-hybridized carbons (Fsp3) is 0.628. The Bertz CT molecular complexity index is 1250. The van der Waals surface area contributed by atoms with E-state index in [1.807, 2.05) is 6.92 Å².